The highest BCUT2D eigenvalue weighted by atomic mass is 16.5. The van der Waals surface area contributed by atoms with Gasteiger partial charge in [-0.2, -0.15) is 0 Å². The Morgan fingerprint density at radius 3 is 2.20 bits per heavy atom. The molecule has 2 heterocycles. The standard InChI is InChI=1S/C36H42N4O5/c1-2-23-40-33(42)31(15-9-10-22-37-35(44)45-26-27-11-5-3-6-12-27)38-34(43)36(40)20-24-39(25-21-36)32(41)30-18-16-29(17-19-30)28-13-7-4-8-14-28/h3-8,11-14,16-19,31H,2,9-10,15,20-26H2,1H3,(H,37,44)(H,38,43)/t31-/m0/s1. The molecule has 5 rings (SSSR count). The van der Waals surface area contributed by atoms with Crippen molar-refractivity contribution in [1.82, 2.24) is 20.4 Å². The molecular weight excluding hydrogens is 568 g/mol. The molecule has 3 aromatic carbocycles. The number of carbonyl (C=O) groups excluding carboxylic acids is 4. The van der Waals surface area contributed by atoms with E-state index in [1.165, 1.54) is 0 Å². The molecule has 0 aliphatic carbocycles. The number of hydrogen-bond donors (Lipinski definition) is 2. The van der Waals surface area contributed by atoms with Crippen LogP contribution in [0.4, 0.5) is 4.79 Å². The summed E-state index contributed by atoms with van der Waals surface area (Å²) in [6, 6.07) is 26.5. The van der Waals surface area contributed by atoms with Crippen molar-refractivity contribution in [2.45, 2.75) is 63.6 Å². The van der Waals surface area contributed by atoms with Crippen molar-refractivity contribution >= 4 is 23.8 Å². The summed E-state index contributed by atoms with van der Waals surface area (Å²) < 4.78 is 5.24. The molecule has 0 unspecified atom stereocenters. The molecule has 3 aromatic rings. The zero-order chi connectivity index (χ0) is 31.6. The number of hydrogen-bond acceptors (Lipinski definition) is 5. The van der Waals surface area contributed by atoms with Crippen LogP contribution in [0.2, 0.25) is 0 Å². The van der Waals surface area contributed by atoms with Crippen LogP contribution >= 0.6 is 0 Å². The minimum atomic E-state index is -0.943. The Morgan fingerprint density at radius 2 is 1.53 bits per heavy atom. The molecule has 0 radical (unpaired) electrons. The third-order valence-electron chi connectivity index (χ3n) is 8.77. The topological polar surface area (TPSA) is 108 Å². The van der Waals surface area contributed by atoms with E-state index in [4.69, 9.17) is 4.74 Å². The monoisotopic (exact) mass is 610 g/mol. The molecule has 1 atom stereocenters. The van der Waals surface area contributed by atoms with Gasteiger partial charge in [-0.15, -0.1) is 0 Å². The van der Waals surface area contributed by atoms with Crippen molar-refractivity contribution in [2.75, 3.05) is 26.2 Å². The summed E-state index contributed by atoms with van der Waals surface area (Å²) >= 11 is 0. The van der Waals surface area contributed by atoms with E-state index in [2.05, 4.69) is 10.6 Å². The molecule has 9 nitrogen and oxygen atoms in total. The lowest BCUT2D eigenvalue weighted by molar-refractivity contribution is -0.161. The molecule has 2 aliphatic heterocycles. The van der Waals surface area contributed by atoms with Crippen molar-refractivity contribution in [2.24, 2.45) is 0 Å². The fourth-order valence-electron chi connectivity index (χ4n) is 6.25. The van der Waals surface area contributed by atoms with E-state index in [0.717, 1.165) is 23.1 Å². The molecular formula is C36H42N4O5. The smallest absolute Gasteiger partial charge is 0.407 e. The molecule has 4 amide bonds. The van der Waals surface area contributed by atoms with Gasteiger partial charge in [0.1, 0.15) is 18.2 Å². The maximum Gasteiger partial charge on any atom is 0.407 e. The van der Waals surface area contributed by atoms with E-state index in [0.29, 0.717) is 63.8 Å². The van der Waals surface area contributed by atoms with Gasteiger partial charge >= 0.3 is 6.09 Å². The maximum atomic E-state index is 13.7. The maximum absolute atomic E-state index is 13.7. The first-order valence-electron chi connectivity index (χ1n) is 15.9. The molecule has 45 heavy (non-hydrogen) atoms. The highest BCUT2D eigenvalue weighted by Gasteiger charge is 2.53. The molecule has 9 heteroatoms. The van der Waals surface area contributed by atoms with Crippen LogP contribution in [0.25, 0.3) is 11.1 Å². The minimum Gasteiger partial charge on any atom is -0.445 e. The molecule has 0 saturated carbocycles. The first-order valence-corrected chi connectivity index (χ1v) is 15.9. The van der Waals surface area contributed by atoms with Crippen molar-refractivity contribution in [3.63, 3.8) is 0 Å². The van der Waals surface area contributed by atoms with E-state index < -0.39 is 17.7 Å². The Balaban J connectivity index is 1.10. The lowest BCUT2D eigenvalue weighted by atomic mass is 9.81. The van der Waals surface area contributed by atoms with Crippen molar-refractivity contribution < 1.29 is 23.9 Å². The van der Waals surface area contributed by atoms with Crippen LogP contribution in [0.5, 0.6) is 0 Å². The van der Waals surface area contributed by atoms with Crippen molar-refractivity contribution in [3.8, 4) is 11.1 Å². The van der Waals surface area contributed by atoms with Gasteiger partial charge in [-0.1, -0.05) is 79.7 Å². The van der Waals surface area contributed by atoms with E-state index in [-0.39, 0.29) is 24.3 Å². The SMILES string of the molecule is CCCN1C(=O)[C@H](CCCCNC(=O)OCc2ccccc2)NC(=O)C12CCN(C(=O)c1ccc(-c3ccccc3)cc1)CC2. The predicted molar refractivity (Wildman–Crippen MR) is 172 cm³/mol. The second-order valence-corrected chi connectivity index (χ2v) is 11.8. The van der Waals surface area contributed by atoms with Gasteiger partial charge in [0.25, 0.3) is 5.91 Å². The molecule has 2 aliphatic rings. The number of piperidine rings is 1. The number of rotatable bonds is 11. The Kier molecular flexibility index (Phi) is 10.5. The number of piperazine rings is 1. The van der Waals surface area contributed by atoms with Gasteiger partial charge in [0.15, 0.2) is 0 Å². The largest absolute Gasteiger partial charge is 0.445 e. The van der Waals surface area contributed by atoms with Crippen LogP contribution in [0.15, 0.2) is 84.9 Å². The zero-order valence-electron chi connectivity index (χ0n) is 25.9. The fourth-order valence-corrected chi connectivity index (χ4v) is 6.25. The number of benzene rings is 3. The number of carbonyl (C=O) groups is 4. The quantitative estimate of drug-likeness (QED) is 0.292. The number of ether oxygens (including phenoxy) is 1. The predicted octanol–water partition coefficient (Wildman–Crippen LogP) is 5.16. The van der Waals surface area contributed by atoms with Gasteiger partial charge in [-0.3, -0.25) is 14.4 Å². The summed E-state index contributed by atoms with van der Waals surface area (Å²) in [4.78, 5) is 56.2. The third kappa shape index (κ3) is 7.53. The molecule has 2 saturated heterocycles. The lowest BCUT2D eigenvalue weighted by Gasteiger charge is -2.51. The van der Waals surface area contributed by atoms with E-state index in [9.17, 15) is 19.2 Å². The van der Waals surface area contributed by atoms with Crippen molar-refractivity contribution in [3.05, 3.63) is 96.1 Å². The zero-order valence-corrected chi connectivity index (χ0v) is 25.9. The normalized spacial score (nSPS) is 17.6. The molecule has 2 N–H and O–H groups in total. The Morgan fingerprint density at radius 1 is 0.889 bits per heavy atom. The summed E-state index contributed by atoms with van der Waals surface area (Å²) in [5.41, 5.74) is 2.72. The first-order chi connectivity index (χ1) is 21.9. The van der Waals surface area contributed by atoms with Crippen LogP contribution in [0, 0.1) is 0 Å². The number of unbranched alkanes of at least 4 members (excludes halogenated alkanes) is 1. The summed E-state index contributed by atoms with van der Waals surface area (Å²) in [5.74, 6) is -0.269. The average Bonchev–Trinajstić information content (AvgIpc) is 3.09. The summed E-state index contributed by atoms with van der Waals surface area (Å²) in [6.45, 7) is 3.92. The van der Waals surface area contributed by atoms with Gasteiger partial charge in [-0.25, -0.2) is 4.79 Å². The van der Waals surface area contributed by atoms with Crippen LogP contribution < -0.4 is 10.6 Å². The van der Waals surface area contributed by atoms with Gasteiger partial charge in [0.05, 0.1) is 0 Å². The van der Waals surface area contributed by atoms with Gasteiger partial charge < -0.3 is 25.2 Å². The number of likely N-dealkylation sites (tertiary alicyclic amines) is 1. The molecule has 0 aromatic heterocycles. The molecule has 1 spiro atoms. The third-order valence-corrected chi connectivity index (χ3v) is 8.77. The first kappa shape index (κ1) is 31.8. The fraction of sp³-hybridized carbons (Fsp3) is 0.389. The molecule has 0 bridgehead atoms. The van der Waals surface area contributed by atoms with Crippen LogP contribution in [0.1, 0.15) is 61.4 Å². The minimum absolute atomic E-state index is 0.0653. The highest BCUT2D eigenvalue weighted by molar-refractivity contribution is 6.00. The number of amides is 4. The number of nitrogens with zero attached hydrogens (tertiary/aromatic N) is 2. The second-order valence-electron chi connectivity index (χ2n) is 11.8. The van der Waals surface area contributed by atoms with Gasteiger partial charge in [-0.05, 0) is 67.3 Å². The Hall–Kier alpha value is -4.66. The Bertz CT molecular complexity index is 1450. The second kappa shape index (κ2) is 14.9. The molecule has 236 valence electrons. The van der Waals surface area contributed by atoms with E-state index in [1.807, 2.05) is 91.9 Å². The van der Waals surface area contributed by atoms with Crippen LogP contribution in [-0.2, 0) is 20.9 Å². The summed E-state index contributed by atoms with van der Waals surface area (Å²) in [7, 11) is 0. The lowest BCUT2D eigenvalue weighted by Crippen LogP contribution is -2.73. The van der Waals surface area contributed by atoms with Crippen molar-refractivity contribution in [1.29, 1.82) is 0 Å². The van der Waals surface area contributed by atoms with E-state index >= 15 is 0 Å². The van der Waals surface area contributed by atoms with Crippen LogP contribution in [0.3, 0.4) is 0 Å². The summed E-state index contributed by atoms with van der Waals surface area (Å²) in [5, 5.41) is 5.75. The number of nitrogens with one attached hydrogen (secondary N) is 2. The van der Waals surface area contributed by atoms with Gasteiger partial charge in [0.2, 0.25) is 11.8 Å². The average molecular weight is 611 g/mol. The Labute approximate surface area is 264 Å². The highest BCUT2D eigenvalue weighted by Crippen LogP contribution is 2.34. The van der Waals surface area contributed by atoms with Gasteiger partial charge in [0, 0.05) is 31.7 Å². The van der Waals surface area contributed by atoms with E-state index in [1.54, 1.807) is 9.80 Å². The van der Waals surface area contributed by atoms with Crippen LogP contribution in [-0.4, -0.2) is 71.4 Å². The summed E-state index contributed by atoms with van der Waals surface area (Å²) in [6.07, 6.45) is 2.87. The molecule has 2 fully saturated rings. The number of alkyl carbamates (subject to hydrolysis) is 1.